The standard InChI is InChI=1S/C13H17N3O4S/c1-8-9(2)20-13(16-8)7-15-21(17,18)10-4-5-12(19-3)11(14)6-10/h4-6,15H,7,14H2,1-3H3. The maximum atomic E-state index is 12.2. The quantitative estimate of drug-likeness (QED) is 0.807. The number of methoxy groups -OCH3 is 1. The summed E-state index contributed by atoms with van der Waals surface area (Å²) in [5.74, 6) is 1.40. The molecule has 0 aliphatic carbocycles. The molecule has 1 aromatic carbocycles. The number of nitrogens with zero attached hydrogens (tertiary/aromatic N) is 1. The summed E-state index contributed by atoms with van der Waals surface area (Å²) < 4.78 is 37.1. The first-order valence-corrected chi connectivity index (χ1v) is 7.68. The molecule has 0 fully saturated rings. The van der Waals surface area contributed by atoms with Crippen molar-refractivity contribution in [2.24, 2.45) is 0 Å². The molecule has 7 nitrogen and oxygen atoms in total. The highest BCUT2D eigenvalue weighted by Crippen LogP contribution is 2.24. The summed E-state index contributed by atoms with van der Waals surface area (Å²) >= 11 is 0. The lowest BCUT2D eigenvalue weighted by atomic mass is 10.3. The fourth-order valence-electron chi connectivity index (χ4n) is 1.73. The summed E-state index contributed by atoms with van der Waals surface area (Å²) in [4.78, 5) is 4.17. The molecule has 0 spiro atoms. The van der Waals surface area contributed by atoms with E-state index in [0.29, 0.717) is 17.4 Å². The van der Waals surface area contributed by atoms with Gasteiger partial charge in [0.1, 0.15) is 11.5 Å². The molecule has 8 heteroatoms. The number of benzene rings is 1. The minimum atomic E-state index is -3.70. The first kappa shape index (κ1) is 15.3. The molecule has 0 unspecified atom stereocenters. The summed E-state index contributed by atoms with van der Waals surface area (Å²) in [6, 6.07) is 4.26. The fraction of sp³-hybridized carbons (Fsp3) is 0.308. The van der Waals surface area contributed by atoms with E-state index in [1.807, 2.05) is 0 Å². The Hall–Kier alpha value is -2.06. The van der Waals surface area contributed by atoms with Gasteiger partial charge in [0.05, 0.1) is 29.9 Å². The van der Waals surface area contributed by atoms with Crippen molar-refractivity contribution in [1.82, 2.24) is 9.71 Å². The van der Waals surface area contributed by atoms with Gasteiger partial charge in [-0.15, -0.1) is 0 Å². The van der Waals surface area contributed by atoms with Gasteiger partial charge >= 0.3 is 0 Å². The number of nitrogens with one attached hydrogen (secondary N) is 1. The molecule has 0 amide bonds. The van der Waals surface area contributed by atoms with Crippen LogP contribution in [0.4, 0.5) is 5.69 Å². The SMILES string of the molecule is COc1ccc(S(=O)(=O)NCc2nc(C)c(C)o2)cc1N. The van der Waals surface area contributed by atoms with Crippen LogP contribution in [-0.4, -0.2) is 20.5 Å². The highest BCUT2D eigenvalue weighted by Gasteiger charge is 2.17. The van der Waals surface area contributed by atoms with Gasteiger partial charge in [-0.05, 0) is 32.0 Å². The highest BCUT2D eigenvalue weighted by molar-refractivity contribution is 7.89. The molecular formula is C13H17N3O4S. The third-order valence-electron chi connectivity index (χ3n) is 3.00. The lowest BCUT2D eigenvalue weighted by molar-refractivity contribution is 0.416. The Balaban J connectivity index is 2.16. The molecule has 2 rings (SSSR count). The van der Waals surface area contributed by atoms with Crippen LogP contribution in [-0.2, 0) is 16.6 Å². The number of aryl methyl sites for hydroxylation is 2. The molecule has 0 aliphatic heterocycles. The van der Waals surface area contributed by atoms with Gasteiger partial charge in [-0.3, -0.25) is 0 Å². The number of anilines is 1. The first-order chi connectivity index (χ1) is 9.83. The number of sulfonamides is 1. The minimum absolute atomic E-state index is 0.0249. The average Bonchev–Trinajstić information content (AvgIpc) is 2.76. The van der Waals surface area contributed by atoms with Crippen molar-refractivity contribution in [2.75, 3.05) is 12.8 Å². The number of nitrogens with two attached hydrogens (primary N) is 1. The predicted octanol–water partition coefficient (Wildman–Crippen LogP) is 1.36. The second kappa shape index (κ2) is 5.74. The molecule has 0 atom stereocenters. The third kappa shape index (κ3) is 3.34. The number of rotatable bonds is 5. The van der Waals surface area contributed by atoms with Gasteiger partial charge in [0.2, 0.25) is 15.9 Å². The smallest absolute Gasteiger partial charge is 0.241 e. The number of ether oxygens (including phenoxy) is 1. The van der Waals surface area contributed by atoms with Crippen LogP contribution in [0.1, 0.15) is 17.3 Å². The van der Waals surface area contributed by atoms with Gasteiger partial charge in [-0.25, -0.2) is 18.1 Å². The number of oxazole rings is 1. The van der Waals surface area contributed by atoms with E-state index in [1.54, 1.807) is 13.8 Å². The van der Waals surface area contributed by atoms with E-state index >= 15 is 0 Å². The monoisotopic (exact) mass is 311 g/mol. The molecule has 1 heterocycles. The van der Waals surface area contributed by atoms with E-state index in [-0.39, 0.29) is 17.1 Å². The molecule has 114 valence electrons. The molecule has 0 saturated carbocycles. The fourth-order valence-corrected chi connectivity index (χ4v) is 2.74. The number of aromatic nitrogens is 1. The van der Waals surface area contributed by atoms with Crippen molar-refractivity contribution in [3.05, 3.63) is 35.5 Å². The lowest BCUT2D eigenvalue weighted by Gasteiger charge is -2.08. The molecule has 0 radical (unpaired) electrons. The van der Waals surface area contributed by atoms with Crippen molar-refractivity contribution in [3.63, 3.8) is 0 Å². The maximum Gasteiger partial charge on any atom is 0.241 e. The normalized spacial score (nSPS) is 11.6. The summed E-state index contributed by atoms with van der Waals surface area (Å²) in [5.41, 5.74) is 6.70. The summed E-state index contributed by atoms with van der Waals surface area (Å²) in [5, 5.41) is 0. The molecule has 1 aromatic heterocycles. The van der Waals surface area contributed by atoms with E-state index in [1.165, 1.54) is 25.3 Å². The Kier molecular flexibility index (Phi) is 4.19. The van der Waals surface area contributed by atoms with Crippen LogP contribution in [0.2, 0.25) is 0 Å². The van der Waals surface area contributed by atoms with E-state index < -0.39 is 10.0 Å². The molecule has 0 aliphatic rings. The summed E-state index contributed by atoms with van der Waals surface area (Å²) in [6.07, 6.45) is 0. The Morgan fingerprint density at radius 3 is 2.62 bits per heavy atom. The van der Waals surface area contributed by atoms with Crippen molar-refractivity contribution >= 4 is 15.7 Å². The molecule has 21 heavy (non-hydrogen) atoms. The van der Waals surface area contributed by atoms with Crippen LogP contribution in [0.25, 0.3) is 0 Å². The van der Waals surface area contributed by atoms with Gasteiger partial charge in [-0.2, -0.15) is 0 Å². The zero-order valence-corrected chi connectivity index (χ0v) is 12.8. The molecule has 3 N–H and O–H groups in total. The zero-order valence-electron chi connectivity index (χ0n) is 12.0. The van der Waals surface area contributed by atoms with Gasteiger partial charge in [0, 0.05) is 0 Å². The highest BCUT2D eigenvalue weighted by atomic mass is 32.2. The van der Waals surface area contributed by atoms with E-state index in [2.05, 4.69) is 9.71 Å². The van der Waals surface area contributed by atoms with Crippen molar-refractivity contribution in [2.45, 2.75) is 25.3 Å². The maximum absolute atomic E-state index is 12.2. The number of hydrogen-bond donors (Lipinski definition) is 2. The zero-order chi connectivity index (χ0) is 15.6. The number of nitrogen functional groups attached to an aromatic ring is 1. The van der Waals surface area contributed by atoms with Gasteiger partial charge < -0.3 is 14.9 Å². The lowest BCUT2D eigenvalue weighted by Crippen LogP contribution is -2.23. The first-order valence-electron chi connectivity index (χ1n) is 6.19. The second-order valence-corrected chi connectivity index (χ2v) is 6.24. The average molecular weight is 311 g/mol. The minimum Gasteiger partial charge on any atom is -0.495 e. The summed E-state index contributed by atoms with van der Waals surface area (Å²) in [6.45, 7) is 3.54. The van der Waals surface area contributed by atoms with Gasteiger partial charge in [0.15, 0.2) is 0 Å². The van der Waals surface area contributed by atoms with Crippen LogP contribution in [0.3, 0.4) is 0 Å². The van der Waals surface area contributed by atoms with Gasteiger partial charge in [0.25, 0.3) is 0 Å². The predicted molar refractivity (Wildman–Crippen MR) is 77.4 cm³/mol. The molecule has 0 bridgehead atoms. The van der Waals surface area contributed by atoms with Crippen LogP contribution >= 0.6 is 0 Å². The van der Waals surface area contributed by atoms with Crippen molar-refractivity contribution < 1.29 is 17.6 Å². The topological polar surface area (TPSA) is 107 Å². The van der Waals surface area contributed by atoms with Crippen LogP contribution in [0.15, 0.2) is 27.5 Å². The van der Waals surface area contributed by atoms with Crippen molar-refractivity contribution in [1.29, 1.82) is 0 Å². The van der Waals surface area contributed by atoms with E-state index in [0.717, 1.165) is 5.69 Å². The largest absolute Gasteiger partial charge is 0.495 e. The van der Waals surface area contributed by atoms with Gasteiger partial charge in [-0.1, -0.05) is 0 Å². The van der Waals surface area contributed by atoms with E-state index in [9.17, 15) is 8.42 Å². The Morgan fingerprint density at radius 1 is 1.38 bits per heavy atom. The molecular weight excluding hydrogens is 294 g/mol. The van der Waals surface area contributed by atoms with Crippen LogP contribution in [0.5, 0.6) is 5.75 Å². The Labute approximate surface area is 123 Å². The van der Waals surface area contributed by atoms with Crippen molar-refractivity contribution in [3.8, 4) is 5.75 Å². The van der Waals surface area contributed by atoms with Crippen LogP contribution < -0.4 is 15.2 Å². The summed E-state index contributed by atoms with van der Waals surface area (Å²) in [7, 11) is -2.23. The van der Waals surface area contributed by atoms with Crippen LogP contribution in [0, 0.1) is 13.8 Å². The number of hydrogen-bond acceptors (Lipinski definition) is 6. The molecule has 0 saturated heterocycles. The second-order valence-electron chi connectivity index (χ2n) is 4.48. The third-order valence-corrected chi connectivity index (χ3v) is 4.40. The Morgan fingerprint density at radius 2 is 2.10 bits per heavy atom. The Bertz CT molecular complexity index is 733. The molecule has 2 aromatic rings. The van der Waals surface area contributed by atoms with E-state index in [4.69, 9.17) is 14.9 Å².